The predicted molar refractivity (Wildman–Crippen MR) is 181 cm³/mol. The van der Waals surface area contributed by atoms with Crippen molar-refractivity contribution in [3.63, 3.8) is 0 Å². The maximum Gasteiger partial charge on any atom is 0.00285 e. The van der Waals surface area contributed by atoms with Gasteiger partial charge in [-0.05, 0) is 108 Å². The van der Waals surface area contributed by atoms with Crippen molar-refractivity contribution < 1.29 is 0 Å². The summed E-state index contributed by atoms with van der Waals surface area (Å²) < 4.78 is 0. The second-order valence-corrected chi connectivity index (χ2v) is 14.1. The molecule has 0 spiro atoms. The van der Waals surface area contributed by atoms with Crippen molar-refractivity contribution in [3.05, 3.63) is 106 Å². The van der Waals surface area contributed by atoms with Gasteiger partial charge in [0.15, 0.2) is 0 Å². The maximum absolute atomic E-state index is 2.44. The molecule has 0 heterocycles. The zero-order chi connectivity index (χ0) is 29.8. The highest BCUT2D eigenvalue weighted by molar-refractivity contribution is 5.37. The van der Waals surface area contributed by atoms with Gasteiger partial charge in [0.1, 0.15) is 0 Å². The van der Waals surface area contributed by atoms with Crippen LogP contribution in [-0.4, -0.2) is 0 Å². The summed E-state index contributed by atoms with van der Waals surface area (Å²) in [5.41, 5.74) is 9.25. The van der Waals surface area contributed by atoms with Gasteiger partial charge >= 0.3 is 0 Å². The van der Waals surface area contributed by atoms with Gasteiger partial charge in [0, 0.05) is 5.92 Å². The fourth-order valence-electron chi connectivity index (χ4n) is 6.23. The van der Waals surface area contributed by atoms with Crippen molar-refractivity contribution in [2.45, 2.75) is 121 Å². The third kappa shape index (κ3) is 11.6. The molecule has 2 aliphatic carbocycles. The zero-order valence-corrected chi connectivity index (χ0v) is 27.7. The van der Waals surface area contributed by atoms with E-state index in [1.54, 1.807) is 5.57 Å². The molecule has 2 atom stereocenters. The predicted octanol–water partition coefficient (Wildman–Crippen LogP) is 12.8. The summed E-state index contributed by atoms with van der Waals surface area (Å²) in [6.07, 6.45) is 37.5. The normalized spacial score (nSPS) is 23.7. The third-order valence-electron chi connectivity index (χ3n) is 9.07. The first kappa shape index (κ1) is 33.9. The average molecular weight is 541 g/mol. The van der Waals surface area contributed by atoms with E-state index in [2.05, 4.69) is 142 Å². The summed E-state index contributed by atoms with van der Waals surface area (Å²) in [5, 5.41) is 0. The van der Waals surface area contributed by atoms with Crippen molar-refractivity contribution in [1.29, 1.82) is 0 Å². The Bertz CT molecular complexity index is 1100. The van der Waals surface area contributed by atoms with Crippen molar-refractivity contribution in [2.75, 3.05) is 0 Å². The van der Waals surface area contributed by atoms with E-state index in [4.69, 9.17) is 0 Å². The van der Waals surface area contributed by atoms with E-state index in [0.717, 1.165) is 12.8 Å². The summed E-state index contributed by atoms with van der Waals surface area (Å²) in [6.45, 7) is 23.2. The number of hydrogen-bond donors (Lipinski definition) is 0. The second kappa shape index (κ2) is 16.2. The Labute approximate surface area is 249 Å². The molecule has 2 rings (SSSR count). The van der Waals surface area contributed by atoms with Gasteiger partial charge in [-0.1, -0.05) is 135 Å². The summed E-state index contributed by atoms with van der Waals surface area (Å²) >= 11 is 0. The molecule has 0 saturated carbocycles. The highest BCUT2D eigenvalue weighted by atomic mass is 14.3. The quantitative estimate of drug-likeness (QED) is 0.170. The lowest BCUT2D eigenvalue weighted by molar-refractivity contribution is 0.255. The van der Waals surface area contributed by atoms with Crippen LogP contribution in [0.5, 0.6) is 0 Å². The van der Waals surface area contributed by atoms with Crippen LogP contribution in [0.2, 0.25) is 0 Å². The van der Waals surface area contributed by atoms with Crippen molar-refractivity contribution in [3.8, 4) is 0 Å². The van der Waals surface area contributed by atoms with E-state index < -0.39 is 0 Å². The lowest BCUT2D eigenvalue weighted by Crippen LogP contribution is -2.26. The van der Waals surface area contributed by atoms with Gasteiger partial charge in [-0.15, -0.1) is 0 Å². The number of allylic oxidation sites excluding steroid dienone is 18. The van der Waals surface area contributed by atoms with Crippen LogP contribution in [0.25, 0.3) is 0 Å². The summed E-state index contributed by atoms with van der Waals surface area (Å²) in [5.74, 6) is 1.26. The van der Waals surface area contributed by atoms with Gasteiger partial charge < -0.3 is 0 Å². The Morgan fingerprint density at radius 3 is 2.33 bits per heavy atom. The molecule has 0 aliphatic heterocycles. The number of rotatable bonds is 12. The van der Waals surface area contributed by atoms with Gasteiger partial charge in [0.05, 0.1) is 0 Å². The standard InChI is InChI=1S/C40H60/c1-31(19-13-21-33(3)25-27-37-35(5)23-15-29-39(37,7)8)17-11-12-18-32(2)20-14-22-34(4)26-28-38-36(6)24-16-30-40(38,9)10/h11-13,17,19,21-22,24-28,32,38H,14-16,18,20,23,29-30H2,1-10H3/b12-11-,19-13+,27-25+,28-26+,31-17+,33-21+,34-22+/t32?,38-/m0/s1. The van der Waals surface area contributed by atoms with Gasteiger partial charge in [-0.3, -0.25) is 0 Å². The smallest absolute Gasteiger partial charge is 0.00285 e. The summed E-state index contributed by atoms with van der Waals surface area (Å²) in [7, 11) is 0. The van der Waals surface area contributed by atoms with Crippen molar-refractivity contribution >= 4 is 0 Å². The van der Waals surface area contributed by atoms with E-state index in [9.17, 15) is 0 Å². The van der Waals surface area contributed by atoms with Crippen LogP contribution in [0.4, 0.5) is 0 Å². The monoisotopic (exact) mass is 540 g/mol. The highest BCUT2D eigenvalue weighted by Gasteiger charge is 2.30. The molecule has 0 N–H and O–H groups in total. The lowest BCUT2D eigenvalue weighted by atomic mass is 9.68. The molecule has 1 unspecified atom stereocenters. The minimum atomic E-state index is 0.300. The van der Waals surface area contributed by atoms with Crippen molar-refractivity contribution in [1.82, 2.24) is 0 Å². The van der Waals surface area contributed by atoms with E-state index in [1.165, 1.54) is 66.4 Å². The van der Waals surface area contributed by atoms with Crippen LogP contribution in [-0.2, 0) is 0 Å². The topological polar surface area (TPSA) is 0 Å². The Morgan fingerprint density at radius 1 is 0.925 bits per heavy atom. The molecular weight excluding hydrogens is 480 g/mol. The Kier molecular flexibility index (Phi) is 13.7. The van der Waals surface area contributed by atoms with Crippen LogP contribution >= 0.6 is 0 Å². The molecule has 0 bridgehead atoms. The molecule has 0 heteroatoms. The molecule has 0 amide bonds. The minimum Gasteiger partial charge on any atom is -0.0850 e. The van der Waals surface area contributed by atoms with Crippen LogP contribution in [0.15, 0.2) is 106 Å². The van der Waals surface area contributed by atoms with E-state index in [-0.39, 0.29) is 0 Å². The maximum atomic E-state index is 2.44. The first-order valence-corrected chi connectivity index (χ1v) is 15.9. The second-order valence-electron chi connectivity index (χ2n) is 14.1. The summed E-state index contributed by atoms with van der Waals surface area (Å²) in [6, 6.07) is 0. The molecule has 0 nitrogen and oxygen atoms in total. The van der Waals surface area contributed by atoms with Crippen LogP contribution in [0.3, 0.4) is 0 Å². The Balaban J connectivity index is 1.76. The minimum absolute atomic E-state index is 0.300. The molecule has 0 aromatic rings. The van der Waals surface area contributed by atoms with Gasteiger partial charge in [-0.2, -0.15) is 0 Å². The van der Waals surface area contributed by atoms with Gasteiger partial charge in [-0.25, -0.2) is 0 Å². The average Bonchev–Trinajstić information content (AvgIpc) is 2.85. The molecule has 220 valence electrons. The van der Waals surface area contributed by atoms with Crippen LogP contribution in [0, 0.1) is 22.7 Å². The third-order valence-corrected chi connectivity index (χ3v) is 9.07. The zero-order valence-electron chi connectivity index (χ0n) is 27.7. The molecular formula is C40H60. The SMILES string of the molecule is CC1=CCCC(C)(C)[C@H]1/C=C/C(C)=C/CCC(C)C\C=C/C=C(C)/C=C/C=C(C)/C=C/C1=C(C)CCCC1(C)C. The molecule has 0 aromatic carbocycles. The number of hydrogen-bond acceptors (Lipinski definition) is 0. The molecule has 0 saturated heterocycles. The van der Waals surface area contributed by atoms with Crippen LogP contribution < -0.4 is 0 Å². The first-order valence-electron chi connectivity index (χ1n) is 15.9. The molecule has 0 radical (unpaired) electrons. The Hall–Kier alpha value is -2.34. The van der Waals surface area contributed by atoms with Crippen molar-refractivity contribution in [2.24, 2.45) is 22.7 Å². The highest BCUT2D eigenvalue weighted by Crippen LogP contribution is 2.42. The lowest BCUT2D eigenvalue weighted by Gasteiger charge is -2.36. The van der Waals surface area contributed by atoms with Gasteiger partial charge in [0.2, 0.25) is 0 Å². The summed E-state index contributed by atoms with van der Waals surface area (Å²) in [4.78, 5) is 0. The van der Waals surface area contributed by atoms with Crippen LogP contribution in [0.1, 0.15) is 121 Å². The fourth-order valence-corrected chi connectivity index (χ4v) is 6.23. The fraction of sp³-hybridized carbons (Fsp3) is 0.550. The van der Waals surface area contributed by atoms with E-state index in [0.29, 0.717) is 22.7 Å². The molecule has 0 fully saturated rings. The largest absolute Gasteiger partial charge is 0.0850 e. The van der Waals surface area contributed by atoms with Gasteiger partial charge in [0.25, 0.3) is 0 Å². The van der Waals surface area contributed by atoms with E-state index in [1.807, 2.05) is 0 Å². The first-order chi connectivity index (χ1) is 18.8. The Morgan fingerprint density at radius 2 is 1.62 bits per heavy atom. The molecule has 40 heavy (non-hydrogen) atoms. The molecule has 2 aliphatic rings. The van der Waals surface area contributed by atoms with E-state index >= 15 is 0 Å². The molecule has 0 aromatic heterocycles.